The smallest absolute Gasteiger partial charge is 0.380 e. The number of halogens is 6. The molecule has 0 spiro atoms. The maximum Gasteiger partial charge on any atom is 0.407 e. The SMILES string of the molecule is CCC(C)(C)Nc1ccc2sc(NC(C)=O)nc2c1.O=C=O.[C-]#[N+]c1ccc(N2C(=O)C(C)(C)N(c3ccc4sc(NC(C)=O)nc4c3)C2=S)cc1C(F)(F)F.[C-]#[N+]c1ccc(N=C=S)cc1C(F)(F)F. The van der Waals surface area contributed by atoms with Crippen LogP contribution in [-0.4, -0.2) is 55.2 Å². The van der Waals surface area contributed by atoms with Crippen molar-refractivity contribution in [1.29, 1.82) is 0 Å². The first-order valence-corrected chi connectivity index (χ1v) is 22.7. The van der Waals surface area contributed by atoms with Gasteiger partial charge in [-0.3, -0.25) is 19.3 Å². The van der Waals surface area contributed by atoms with Crippen molar-refractivity contribution in [3.63, 3.8) is 0 Å². The Morgan fingerprint density at radius 1 is 0.789 bits per heavy atom. The molecule has 2 aromatic heterocycles. The average Bonchev–Trinajstić information content (AvgIpc) is 3.92. The average molecular weight is 1050 g/mol. The largest absolute Gasteiger partial charge is 0.407 e. The van der Waals surface area contributed by atoms with Crippen LogP contribution in [0.2, 0.25) is 0 Å². The zero-order valence-electron chi connectivity index (χ0n) is 38.2. The van der Waals surface area contributed by atoms with Crippen LogP contribution in [0.5, 0.6) is 0 Å². The number of amides is 3. The number of carbonyl (C=O) groups excluding carboxylic acids is 5. The molecule has 3 N–H and O–H groups in total. The summed E-state index contributed by atoms with van der Waals surface area (Å²) in [7, 11) is 0. The first kappa shape index (κ1) is 56.1. The third-order valence-corrected chi connectivity index (χ3v) is 12.2. The van der Waals surface area contributed by atoms with E-state index in [0.29, 0.717) is 21.5 Å². The molecule has 25 heteroatoms. The van der Waals surface area contributed by atoms with E-state index in [1.807, 2.05) is 17.3 Å². The van der Waals surface area contributed by atoms with Gasteiger partial charge in [0.15, 0.2) is 26.8 Å². The van der Waals surface area contributed by atoms with E-state index >= 15 is 0 Å². The highest BCUT2D eigenvalue weighted by molar-refractivity contribution is 7.81. The second-order valence-electron chi connectivity index (χ2n) is 15.8. The molecule has 4 aromatic carbocycles. The van der Waals surface area contributed by atoms with Crippen molar-refractivity contribution >= 4 is 146 Å². The van der Waals surface area contributed by atoms with Gasteiger partial charge in [-0.1, -0.05) is 41.7 Å². The third kappa shape index (κ3) is 14.1. The minimum Gasteiger partial charge on any atom is -0.380 e. The number of anilines is 5. The molecule has 3 heterocycles. The zero-order valence-corrected chi connectivity index (χ0v) is 41.5. The summed E-state index contributed by atoms with van der Waals surface area (Å²) in [4.78, 5) is 72.5. The summed E-state index contributed by atoms with van der Waals surface area (Å²) in [6, 6.07) is 17.5. The Morgan fingerprint density at radius 3 is 1.75 bits per heavy atom. The van der Waals surface area contributed by atoms with E-state index in [4.69, 9.17) is 35.0 Å². The number of aliphatic imine (C=N–C) groups is 1. The quantitative estimate of drug-likeness (QED) is 0.0573. The van der Waals surface area contributed by atoms with Gasteiger partial charge < -0.3 is 20.9 Å². The predicted octanol–water partition coefficient (Wildman–Crippen LogP) is 13.0. The lowest BCUT2D eigenvalue weighted by atomic mass is 10.0. The summed E-state index contributed by atoms with van der Waals surface area (Å²) in [5, 5.41) is 11.9. The molecule has 0 saturated carbocycles. The van der Waals surface area contributed by atoms with E-state index in [9.17, 15) is 40.7 Å². The second kappa shape index (κ2) is 22.9. The van der Waals surface area contributed by atoms with Gasteiger partial charge in [0.05, 0.1) is 55.6 Å². The van der Waals surface area contributed by atoms with Gasteiger partial charge in [-0.05, 0) is 119 Å². The Morgan fingerprint density at radius 2 is 1.27 bits per heavy atom. The summed E-state index contributed by atoms with van der Waals surface area (Å²) in [6.45, 7) is 26.2. The number of hydrogen-bond donors (Lipinski definition) is 3. The predicted molar refractivity (Wildman–Crippen MR) is 268 cm³/mol. The van der Waals surface area contributed by atoms with Gasteiger partial charge in [0.2, 0.25) is 11.8 Å². The third-order valence-electron chi connectivity index (χ3n) is 9.86. The molecule has 71 heavy (non-hydrogen) atoms. The molecule has 3 amide bonds. The number of rotatable bonds is 8. The number of thiazole rings is 2. The van der Waals surface area contributed by atoms with Crippen molar-refractivity contribution in [2.24, 2.45) is 4.99 Å². The van der Waals surface area contributed by atoms with Crippen LogP contribution < -0.4 is 25.8 Å². The highest BCUT2D eigenvalue weighted by atomic mass is 32.1. The highest BCUT2D eigenvalue weighted by Gasteiger charge is 2.51. The van der Waals surface area contributed by atoms with Gasteiger partial charge in [0, 0.05) is 36.4 Å². The number of isothiocyanates is 1. The van der Waals surface area contributed by atoms with Crippen LogP contribution in [-0.2, 0) is 36.3 Å². The van der Waals surface area contributed by atoms with Crippen LogP contribution in [0, 0.1) is 13.1 Å². The fraction of sp³-hybridized carbons (Fsp3) is 0.261. The van der Waals surface area contributed by atoms with Crippen molar-refractivity contribution in [2.75, 3.05) is 25.8 Å². The number of carbonyl (C=O) groups is 3. The summed E-state index contributed by atoms with van der Waals surface area (Å²) in [6.07, 6.45) is -8.04. The number of nitrogens with zero attached hydrogens (tertiary/aromatic N) is 7. The molecule has 1 saturated heterocycles. The summed E-state index contributed by atoms with van der Waals surface area (Å²) < 4.78 is 79.6. The van der Waals surface area contributed by atoms with Gasteiger partial charge in [0.25, 0.3) is 5.91 Å². The van der Waals surface area contributed by atoms with Gasteiger partial charge >= 0.3 is 18.5 Å². The first-order valence-electron chi connectivity index (χ1n) is 20.2. The van der Waals surface area contributed by atoms with Crippen molar-refractivity contribution in [3.8, 4) is 0 Å². The number of aromatic nitrogens is 2. The summed E-state index contributed by atoms with van der Waals surface area (Å²) >= 11 is 12.6. The topological polar surface area (TPSA) is 175 Å². The maximum absolute atomic E-state index is 13.5. The molecule has 0 bridgehead atoms. The lowest BCUT2D eigenvalue weighted by molar-refractivity contribution is -0.191. The van der Waals surface area contributed by atoms with Crippen molar-refractivity contribution in [2.45, 2.75) is 78.3 Å². The van der Waals surface area contributed by atoms with Crippen molar-refractivity contribution < 1.29 is 50.3 Å². The minimum absolute atomic E-state index is 0.00430. The molecule has 1 aliphatic heterocycles. The van der Waals surface area contributed by atoms with Crippen LogP contribution in [0.15, 0.2) is 77.8 Å². The van der Waals surface area contributed by atoms with E-state index in [-0.39, 0.29) is 40.0 Å². The number of fused-ring (bicyclic) bond motifs is 2. The van der Waals surface area contributed by atoms with Crippen LogP contribution in [0.25, 0.3) is 30.1 Å². The second-order valence-corrected chi connectivity index (χ2v) is 18.4. The molecule has 15 nitrogen and oxygen atoms in total. The molecular formula is C46H38F6N10O5S4. The Kier molecular flexibility index (Phi) is 18.1. The molecule has 368 valence electrons. The van der Waals surface area contributed by atoms with E-state index in [2.05, 4.69) is 79.7 Å². The number of nitrogens with one attached hydrogen (secondary N) is 3. The van der Waals surface area contributed by atoms with Gasteiger partial charge in [-0.2, -0.15) is 40.9 Å². The van der Waals surface area contributed by atoms with E-state index in [0.717, 1.165) is 56.2 Å². The molecule has 7 rings (SSSR count). The maximum atomic E-state index is 13.5. The zero-order chi connectivity index (χ0) is 53.2. The molecular weight excluding hydrogens is 1010 g/mol. The fourth-order valence-corrected chi connectivity index (χ4v) is 8.77. The van der Waals surface area contributed by atoms with E-state index in [1.165, 1.54) is 48.7 Å². The number of alkyl halides is 6. The highest BCUT2D eigenvalue weighted by Crippen LogP contribution is 2.43. The molecule has 1 fully saturated rings. The lowest BCUT2D eigenvalue weighted by Gasteiger charge is -2.29. The van der Waals surface area contributed by atoms with Gasteiger partial charge in [-0.15, -0.1) is 0 Å². The van der Waals surface area contributed by atoms with Gasteiger partial charge in [-0.25, -0.2) is 19.7 Å². The van der Waals surface area contributed by atoms with E-state index in [1.54, 1.807) is 36.9 Å². The first-order chi connectivity index (χ1) is 33.1. The standard InChI is InChI=1S/C22H16F3N5O2S2.C14H19N3OS.C9H3F3N2S.CO2/c1-11(31)27-19-28-16-10-13(6-8-17(16)34-19)30-20(33)29(18(32)21(30,2)3)12-5-7-15(26-4)14(9-12)22(23,24)25;1-5-14(3,4)17-10-6-7-12-11(8-10)16-13(19-12)15-9(2)18;1-13-8-3-2-6(14-5-15)4-7(8)9(10,11)12;2-1-3/h5-10H,1-3H3,(H,27,28,31);6-8,17H,5H2,1-4H3,(H,15,16,18);2-4H;. The van der Waals surface area contributed by atoms with E-state index < -0.39 is 46.3 Å². The molecule has 6 aromatic rings. The molecule has 0 atom stereocenters. The van der Waals surface area contributed by atoms with Crippen LogP contribution >= 0.6 is 47.1 Å². The number of hydrogen-bond acceptors (Lipinski definition) is 13. The Balaban J connectivity index is 0.000000249. The Labute approximate surface area is 420 Å². The fourth-order valence-electron chi connectivity index (χ4n) is 6.36. The number of benzene rings is 4. The number of thiocarbonyl (C=S) groups is 2. The summed E-state index contributed by atoms with van der Waals surface area (Å²) in [5.74, 6) is -0.868. The van der Waals surface area contributed by atoms with Crippen LogP contribution in [0.3, 0.4) is 0 Å². The molecule has 0 aliphatic carbocycles. The van der Waals surface area contributed by atoms with Crippen molar-refractivity contribution in [1.82, 2.24) is 9.97 Å². The van der Waals surface area contributed by atoms with Crippen LogP contribution in [0.1, 0.15) is 66.0 Å². The monoisotopic (exact) mass is 1050 g/mol. The molecule has 0 unspecified atom stereocenters. The lowest BCUT2D eigenvalue weighted by Crippen LogP contribution is -2.44. The van der Waals surface area contributed by atoms with Crippen LogP contribution in [0.4, 0.5) is 70.7 Å². The Bertz CT molecular complexity index is 3200. The molecule has 0 radical (unpaired) electrons. The minimum atomic E-state index is -4.77. The molecule has 1 aliphatic rings. The van der Waals surface area contributed by atoms with Crippen molar-refractivity contribution in [3.05, 3.63) is 107 Å². The Hall–Kier alpha value is -7.50. The summed E-state index contributed by atoms with van der Waals surface area (Å²) in [5.41, 5.74) is -1.31. The normalized spacial score (nSPS) is 12.9. The van der Waals surface area contributed by atoms with Gasteiger partial charge in [0.1, 0.15) is 5.54 Å².